The number of hydrogen-bond donors (Lipinski definition) is 0. The average Bonchev–Trinajstić information content (AvgIpc) is 2.93. The highest BCUT2D eigenvalue weighted by Gasteiger charge is 2.32. The molecular weight excluding hydrogens is 322 g/mol. The van der Waals surface area contributed by atoms with Crippen LogP contribution in [0.25, 0.3) is 0 Å². The zero-order valence-corrected chi connectivity index (χ0v) is 16.5. The summed E-state index contributed by atoms with van der Waals surface area (Å²) in [5.41, 5.74) is 0.0757. The Morgan fingerprint density at radius 2 is 2.00 bits per heavy atom. The summed E-state index contributed by atoms with van der Waals surface area (Å²) in [6.45, 7) is 17.6. The third-order valence-electron chi connectivity index (χ3n) is 3.91. The summed E-state index contributed by atoms with van der Waals surface area (Å²) in [5, 5.41) is 0. The van der Waals surface area contributed by atoms with E-state index in [4.69, 9.17) is 14.5 Å². The number of amidine groups is 1. The summed E-state index contributed by atoms with van der Waals surface area (Å²) < 4.78 is 11.7. The van der Waals surface area contributed by atoms with Gasteiger partial charge in [0.15, 0.2) is 0 Å². The highest BCUT2D eigenvalue weighted by molar-refractivity contribution is 8.00. The first-order chi connectivity index (χ1) is 11.3. The third kappa shape index (κ3) is 4.77. The highest BCUT2D eigenvalue weighted by Crippen LogP contribution is 2.31. The second-order valence-electron chi connectivity index (χ2n) is 6.94. The Hall–Kier alpha value is -0.980. The topological polar surface area (TPSA) is 37.3 Å². The van der Waals surface area contributed by atoms with E-state index >= 15 is 0 Å². The Morgan fingerprint density at radius 1 is 1.33 bits per heavy atom. The number of aliphatic imine (C=N–C) groups is 1. The number of thioether (sulfide) groups is 1. The molecule has 0 bridgehead atoms. The molecule has 6 heteroatoms. The highest BCUT2D eigenvalue weighted by atomic mass is 32.2. The van der Waals surface area contributed by atoms with Gasteiger partial charge in [-0.25, -0.2) is 4.99 Å². The molecule has 2 atom stereocenters. The van der Waals surface area contributed by atoms with Crippen molar-refractivity contribution in [1.82, 2.24) is 9.80 Å². The van der Waals surface area contributed by atoms with Gasteiger partial charge >= 0.3 is 0 Å². The van der Waals surface area contributed by atoms with Crippen molar-refractivity contribution >= 4 is 17.6 Å². The second-order valence-corrected chi connectivity index (χ2v) is 8.13. The first-order valence-electron chi connectivity index (χ1n) is 8.70. The van der Waals surface area contributed by atoms with Gasteiger partial charge in [-0.2, -0.15) is 0 Å². The van der Waals surface area contributed by atoms with E-state index in [1.807, 2.05) is 24.9 Å². The summed E-state index contributed by atoms with van der Waals surface area (Å²) in [7, 11) is 0. The molecule has 1 fully saturated rings. The molecule has 0 aromatic carbocycles. The van der Waals surface area contributed by atoms with E-state index in [-0.39, 0.29) is 17.8 Å². The molecule has 0 spiro atoms. The minimum absolute atomic E-state index is 0.0311. The zero-order chi connectivity index (χ0) is 17.9. The Labute approximate surface area is 150 Å². The fourth-order valence-corrected chi connectivity index (χ4v) is 3.94. The maximum Gasteiger partial charge on any atom is 0.145 e. The lowest BCUT2D eigenvalue weighted by Gasteiger charge is -2.36. The predicted molar refractivity (Wildman–Crippen MR) is 102 cm³/mol. The van der Waals surface area contributed by atoms with Crippen LogP contribution in [0.5, 0.6) is 0 Å². The predicted octanol–water partition coefficient (Wildman–Crippen LogP) is 3.64. The molecule has 0 N–H and O–H groups in total. The van der Waals surface area contributed by atoms with Crippen molar-refractivity contribution in [2.24, 2.45) is 4.99 Å². The molecule has 0 amide bonds. The van der Waals surface area contributed by atoms with Crippen molar-refractivity contribution in [3.8, 4) is 0 Å². The van der Waals surface area contributed by atoms with E-state index in [0.29, 0.717) is 18.7 Å². The van der Waals surface area contributed by atoms with Crippen LogP contribution in [0.4, 0.5) is 0 Å². The molecule has 2 rings (SSSR count). The van der Waals surface area contributed by atoms with Gasteiger partial charge in [-0.15, -0.1) is 11.8 Å². The van der Waals surface area contributed by atoms with Crippen LogP contribution in [0.2, 0.25) is 0 Å². The monoisotopic (exact) mass is 353 g/mol. The van der Waals surface area contributed by atoms with Gasteiger partial charge in [0.05, 0.1) is 12.7 Å². The van der Waals surface area contributed by atoms with Gasteiger partial charge in [-0.05, 0) is 47.6 Å². The normalized spacial score (nSPS) is 24.5. The second kappa shape index (κ2) is 8.41. The van der Waals surface area contributed by atoms with Gasteiger partial charge in [0, 0.05) is 24.0 Å². The van der Waals surface area contributed by atoms with Crippen molar-refractivity contribution in [2.45, 2.75) is 71.4 Å². The van der Waals surface area contributed by atoms with E-state index in [1.54, 1.807) is 11.8 Å². The summed E-state index contributed by atoms with van der Waals surface area (Å²) >= 11 is 1.78. The molecule has 2 heterocycles. The Morgan fingerprint density at radius 3 is 2.54 bits per heavy atom. The lowest BCUT2D eigenvalue weighted by molar-refractivity contribution is -0.0490. The molecule has 24 heavy (non-hydrogen) atoms. The molecule has 0 aliphatic carbocycles. The molecule has 136 valence electrons. The summed E-state index contributed by atoms with van der Waals surface area (Å²) in [4.78, 5) is 9.03. The minimum Gasteiger partial charge on any atom is -0.375 e. The van der Waals surface area contributed by atoms with Crippen LogP contribution in [-0.2, 0) is 9.47 Å². The van der Waals surface area contributed by atoms with Gasteiger partial charge < -0.3 is 19.3 Å². The van der Waals surface area contributed by atoms with Gasteiger partial charge in [-0.1, -0.05) is 6.58 Å². The quantitative estimate of drug-likeness (QED) is 0.729. The Kier molecular flexibility index (Phi) is 6.78. The van der Waals surface area contributed by atoms with Crippen molar-refractivity contribution < 1.29 is 9.47 Å². The van der Waals surface area contributed by atoms with E-state index in [1.165, 1.54) is 0 Å². The van der Waals surface area contributed by atoms with E-state index < -0.39 is 0 Å². The summed E-state index contributed by atoms with van der Waals surface area (Å²) in [5.74, 6) is 2.58. The van der Waals surface area contributed by atoms with E-state index in [9.17, 15) is 0 Å². The van der Waals surface area contributed by atoms with E-state index in [0.717, 1.165) is 17.4 Å². The van der Waals surface area contributed by atoms with Gasteiger partial charge in [0.2, 0.25) is 0 Å². The molecule has 0 saturated carbocycles. The lowest BCUT2D eigenvalue weighted by Crippen LogP contribution is -2.43. The van der Waals surface area contributed by atoms with Crippen LogP contribution in [0.15, 0.2) is 29.7 Å². The lowest BCUT2D eigenvalue weighted by atomic mass is 10.2. The fraction of sp³-hybridized carbons (Fsp3) is 0.722. The number of hydrogen-bond acceptors (Lipinski definition) is 6. The number of ether oxygens (including phenoxy) is 2. The molecule has 0 aromatic rings. The molecule has 1 saturated heterocycles. The largest absolute Gasteiger partial charge is 0.375 e. The van der Waals surface area contributed by atoms with Crippen LogP contribution < -0.4 is 0 Å². The third-order valence-corrected chi connectivity index (χ3v) is 5.01. The van der Waals surface area contributed by atoms with E-state index in [2.05, 4.69) is 45.2 Å². The van der Waals surface area contributed by atoms with Gasteiger partial charge in [-0.3, -0.25) is 0 Å². The fourth-order valence-electron chi connectivity index (χ4n) is 2.94. The summed E-state index contributed by atoms with van der Waals surface area (Å²) in [6, 6.07) is 0.784. The minimum atomic E-state index is -0.0311. The summed E-state index contributed by atoms with van der Waals surface area (Å²) in [6.07, 6.45) is 4.29. The van der Waals surface area contributed by atoms with Crippen LogP contribution >= 0.6 is 11.8 Å². The van der Waals surface area contributed by atoms with Crippen LogP contribution in [0.3, 0.4) is 0 Å². The Bertz CT molecular complexity index is 494. The molecule has 2 aliphatic rings. The standard InChI is InChI=1S/C18H31N3O2S/c1-12(2)21(13(3)4)16-8-9-20(15(7)19-16)17-11-24-18(23-17)10-22-14(5)6/h8-9,12-14,17-18H,7,10-11H2,1-6H3/t17-,18+/m1/s1. The first-order valence-corrected chi connectivity index (χ1v) is 9.75. The average molecular weight is 354 g/mol. The van der Waals surface area contributed by atoms with Crippen LogP contribution in [0.1, 0.15) is 41.5 Å². The number of rotatable bonds is 6. The maximum atomic E-state index is 6.08. The Balaban J connectivity index is 1.97. The molecule has 0 radical (unpaired) electrons. The number of nitrogens with zero attached hydrogens (tertiary/aromatic N) is 3. The van der Waals surface area contributed by atoms with Gasteiger partial charge in [0.1, 0.15) is 23.3 Å². The molecule has 2 aliphatic heterocycles. The van der Waals surface area contributed by atoms with Crippen molar-refractivity contribution in [3.05, 3.63) is 24.7 Å². The maximum absolute atomic E-state index is 6.08. The first kappa shape index (κ1) is 19.3. The molecule has 0 aromatic heterocycles. The molecular formula is C18H31N3O2S. The van der Waals surface area contributed by atoms with Crippen molar-refractivity contribution in [2.75, 3.05) is 12.4 Å². The molecule has 0 unspecified atom stereocenters. The zero-order valence-electron chi connectivity index (χ0n) is 15.7. The van der Waals surface area contributed by atoms with Crippen LogP contribution in [0, 0.1) is 0 Å². The van der Waals surface area contributed by atoms with Crippen molar-refractivity contribution in [1.29, 1.82) is 0 Å². The SMILES string of the molecule is C=C1N=C(N(C(C)C)C(C)C)C=CN1[C@H]1CS[C@@H](COC(C)C)O1. The van der Waals surface area contributed by atoms with Crippen molar-refractivity contribution in [3.63, 3.8) is 0 Å². The molecule has 5 nitrogen and oxygen atoms in total. The van der Waals surface area contributed by atoms with Gasteiger partial charge in [0.25, 0.3) is 0 Å². The smallest absolute Gasteiger partial charge is 0.145 e. The van der Waals surface area contributed by atoms with Crippen LogP contribution in [-0.4, -0.2) is 57.8 Å².